The van der Waals surface area contributed by atoms with Crippen LogP contribution in [0.5, 0.6) is 0 Å². The summed E-state index contributed by atoms with van der Waals surface area (Å²) >= 11 is 0. The highest BCUT2D eigenvalue weighted by molar-refractivity contribution is 6.04. The molecule has 1 N–H and O–H groups in total. The van der Waals surface area contributed by atoms with E-state index in [2.05, 4.69) is 17.2 Å². The summed E-state index contributed by atoms with van der Waals surface area (Å²) in [4.78, 5) is 16.3. The van der Waals surface area contributed by atoms with E-state index in [0.29, 0.717) is 5.56 Å². The predicted molar refractivity (Wildman–Crippen MR) is 77.5 cm³/mol. The SMILES string of the molecule is CCc1cccc(C)c1NC(=O)c1ccc(C)nc1. The molecule has 3 heteroatoms. The van der Waals surface area contributed by atoms with Gasteiger partial charge in [-0.1, -0.05) is 25.1 Å². The van der Waals surface area contributed by atoms with E-state index in [0.717, 1.165) is 28.9 Å². The van der Waals surface area contributed by atoms with Crippen molar-refractivity contribution in [3.8, 4) is 0 Å². The summed E-state index contributed by atoms with van der Waals surface area (Å²) < 4.78 is 0. The molecule has 2 aromatic rings. The van der Waals surface area contributed by atoms with Crippen molar-refractivity contribution in [3.63, 3.8) is 0 Å². The maximum absolute atomic E-state index is 12.2. The molecule has 0 aliphatic heterocycles. The third kappa shape index (κ3) is 2.99. The Morgan fingerprint density at radius 3 is 2.63 bits per heavy atom. The van der Waals surface area contributed by atoms with E-state index < -0.39 is 0 Å². The van der Waals surface area contributed by atoms with Crippen LogP contribution < -0.4 is 5.32 Å². The van der Waals surface area contributed by atoms with Crippen LogP contribution in [0.4, 0.5) is 5.69 Å². The Morgan fingerprint density at radius 2 is 2.00 bits per heavy atom. The van der Waals surface area contributed by atoms with Gasteiger partial charge in [0.2, 0.25) is 0 Å². The van der Waals surface area contributed by atoms with Gasteiger partial charge in [0.25, 0.3) is 5.91 Å². The van der Waals surface area contributed by atoms with Crippen molar-refractivity contribution in [1.82, 2.24) is 4.98 Å². The van der Waals surface area contributed by atoms with Gasteiger partial charge >= 0.3 is 0 Å². The molecule has 0 atom stereocenters. The Bertz CT molecular complexity index is 588. The molecule has 0 fully saturated rings. The van der Waals surface area contributed by atoms with Gasteiger partial charge in [0.1, 0.15) is 0 Å². The molecule has 1 amide bonds. The van der Waals surface area contributed by atoms with Crippen LogP contribution in [0, 0.1) is 13.8 Å². The standard InChI is InChI=1S/C16H18N2O/c1-4-13-7-5-6-11(2)15(13)18-16(19)14-9-8-12(3)17-10-14/h5-10H,4H2,1-3H3,(H,18,19). The van der Waals surface area contributed by atoms with Crippen molar-refractivity contribution in [1.29, 1.82) is 0 Å². The van der Waals surface area contributed by atoms with Gasteiger partial charge in [-0.25, -0.2) is 0 Å². The summed E-state index contributed by atoms with van der Waals surface area (Å²) in [7, 11) is 0. The lowest BCUT2D eigenvalue weighted by Gasteiger charge is -2.12. The van der Waals surface area contributed by atoms with E-state index in [9.17, 15) is 4.79 Å². The van der Waals surface area contributed by atoms with Crippen LogP contribution >= 0.6 is 0 Å². The summed E-state index contributed by atoms with van der Waals surface area (Å²) in [5.74, 6) is -0.114. The first kappa shape index (κ1) is 13.3. The quantitative estimate of drug-likeness (QED) is 0.910. The normalized spacial score (nSPS) is 10.3. The second kappa shape index (κ2) is 5.65. The first-order valence-corrected chi connectivity index (χ1v) is 6.44. The Balaban J connectivity index is 2.26. The molecule has 2 rings (SSSR count). The minimum Gasteiger partial charge on any atom is -0.321 e. The smallest absolute Gasteiger partial charge is 0.257 e. The Hall–Kier alpha value is -2.16. The number of para-hydroxylation sites is 1. The zero-order valence-corrected chi connectivity index (χ0v) is 11.5. The number of aryl methyl sites for hydroxylation is 3. The van der Waals surface area contributed by atoms with Gasteiger partial charge in [-0.05, 0) is 43.5 Å². The Labute approximate surface area is 113 Å². The average molecular weight is 254 g/mol. The number of hydrogen-bond acceptors (Lipinski definition) is 2. The number of amides is 1. The molecule has 0 aliphatic rings. The average Bonchev–Trinajstić information content (AvgIpc) is 2.41. The predicted octanol–water partition coefficient (Wildman–Crippen LogP) is 3.51. The lowest BCUT2D eigenvalue weighted by molar-refractivity contribution is 0.102. The molecule has 0 unspecified atom stereocenters. The number of anilines is 1. The fourth-order valence-electron chi connectivity index (χ4n) is 1.99. The number of pyridine rings is 1. The second-order valence-corrected chi connectivity index (χ2v) is 4.60. The number of benzene rings is 1. The first-order valence-electron chi connectivity index (χ1n) is 6.44. The lowest BCUT2D eigenvalue weighted by atomic mass is 10.1. The van der Waals surface area contributed by atoms with E-state index in [1.807, 2.05) is 38.1 Å². The van der Waals surface area contributed by atoms with Crippen LogP contribution in [0.1, 0.15) is 34.1 Å². The van der Waals surface area contributed by atoms with Crippen molar-refractivity contribution in [2.75, 3.05) is 5.32 Å². The molecule has 0 aliphatic carbocycles. The molecule has 1 aromatic heterocycles. The molecule has 0 radical (unpaired) electrons. The van der Waals surface area contributed by atoms with Crippen molar-refractivity contribution >= 4 is 11.6 Å². The first-order chi connectivity index (χ1) is 9.11. The van der Waals surface area contributed by atoms with Crippen molar-refractivity contribution in [3.05, 3.63) is 58.9 Å². The van der Waals surface area contributed by atoms with Gasteiger partial charge in [0.15, 0.2) is 0 Å². The molecule has 0 spiro atoms. The largest absolute Gasteiger partial charge is 0.321 e. The fraction of sp³-hybridized carbons (Fsp3) is 0.250. The summed E-state index contributed by atoms with van der Waals surface area (Å²) in [5, 5.41) is 2.99. The highest BCUT2D eigenvalue weighted by atomic mass is 16.1. The number of nitrogens with one attached hydrogen (secondary N) is 1. The van der Waals surface area contributed by atoms with Crippen molar-refractivity contribution < 1.29 is 4.79 Å². The third-order valence-corrected chi connectivity index (χ3v) is 3.15. The zero-order valence-electron chi connectivity index (χ0n) is 11.5. The lowest BCUT2D eigenvalue weighted by Crippen LogP contribution is -2.14. The van der Waals surface area contributed by atoms with Crippen molar-refractivity contribution in [2.45, 2.75) is 27.2 Å². The summed E-state index contributed by atoms with van der Waals surface area (Å²) in [6.07, 6.45) is 2.50. The maximum Gasteiger partial charge on any atom is 0.257 e. The monoisotopic (exact) mass is 254 g/mol. The number of carbonyl (C=O) groups is 1. The number of rotatable bonds is 3. The van der Waals surface area contributed by atoms with E-state index in [4.69, 9.17) is 0 Å². The number of hydrogen-bond donors (Lipinski definition) is 1. The van der Waals surface area contributed by atoms with E-state index in [1.54, 1.807) is 12.3 Å². The van der Waals surface area contributed by atoms with E-state index >= 15 is 0 Å². The van der Waals surface area contributed by atoms with Gasteiger partial charge < -0.3 is 5.32 Å². The molecular formula is C16H18N2O. The highest BCUT2D eigenvalue weighted by Crippen LogP contribution is 2.21. The Kier molecular flexibility index (Phi) is 3.95. The molecule has 19 heavy (non-hydrogen) atoms. The van der Waals surface area contributed by atoms with Gasteiger partial charge in [0, 0.05) is 17.6 Å². The summed E-state index contributed by atoms with van der Waals surface area (Å²) in [5.41, 5.74) is 4.62. The van der Waals surface area contributed by atoms with Crippen LogP contribution in [0.25, 0.3) is 0 Å². The van der Waals surface area contributed by atoms with E-state index in [-0.39, 0.29) is 5.91 Å². The number of aromatic nitrogens is 1. The van der Waals surface area contributed by atoms with Gasteiger partial charge in [-0.15, -0.1) is 0 Å². The minimum atomic E-state index is -0.114. The molecule has 1 heterocycles. The molecular weight excluding hydrogens is 236 g/mol. The van der Waals surface area contributed by atoms with E-state index in [1.165, 1.54) is 0 Å². The summed E-state index contributed by atoms with van der Waals surface area (Å²) in [6.45, 7) is 5.98. The van der Waals surface area contributed by atoms with Crippen LogP contribution in [-0.4, -0.2) is 10.9 Å². The van der Waals surface area contributed by atoms with Crippen LogP contribution in [0.15, 0.2) is 36.5 Å². The molecule has 3 nitrogen and oxygen atoms in total. The minimum absolute atomic E-state index is 0.114. The Morgan fingerprint density at radius 1 is 1.21 bits per heavy atom. The summed E-state index contributed by atoms with van der Waals surface area (Å²) in [6, 6.07) is 9.69. The van der Waals surface area contributed by atoms with Crippen LogP contribution in [0.3, 0.4) is 0 Å². The third-order valence-electron chi connectivity index (χ3n) is 3.15. The molecule has 98 valence electrons. The van der Waals surface area contributed by atoms with Crippen LogP contribution in [-0.2, 0) is 6.42 Å². The van der Waals surface area contributed by atoms with Gasteiger partial charge in [-0.2, -0.15) is 0 Å². The zero-order chi connectivity index (χ0) is 13.8. The van der Waals surface area contributed by atoms with Crippen molar-refractivity contribution in [2.24, 2.45) is 0 Å². The molecule has 1 aromatic carbocycles. The molecule has 0 bridgehead atoms. The van der Waals surface area contributed by atoms with Crippen LogP contribution in [0.2, 0.25) is 0 Å². The highest BCUT2D eigenvalue weighted by Gasteiger charge is 2.10. The van der Waals surface area contributed by atoms with Gasteiger partial charge in [-0.3, -0.25) is 9.78 Å². The fourth-order valence-corrected chi connectivity index (χ4v) is 1.99. The molecule has 0 saturated heterocycles. The number of carbonyl (C=O) groups excluding carboxylic acids is 1. The van der Waals surface area contributed by atoms with Gasteiger partial charge in [0.05, 0.1) is 5.56 Å². The molecule has 0 saturated carbocycles. The second-order valence-electron chi connectivity index (χ2n) is 4.60. The number of nitrogens with zero attached hydrogens (tertiary/aromatic N) is 1. The maximum atomic E-state index is 12.2. The topological polar surface area (TPSA) is 42.0 Å².